The van der Waals surface area contributed by atoms with E-state index >= 15 is 0 Å². The molecule has 0 bridgehead atoms. The zero-order valence-corrected chi connectivity index (χ0v) is 22.8. The van der Waals surface area contributed by atoms with Crippen LogP contribution in [0.1, 0.15) is 45.0 Å². The smallest absolute Gasteiger partial charge is 0.216 e. The van der Waals surface area contributed by atoms with E-state index in [-0.39, 0.29) is 29.4 Å². The third-order valence-corrected chi connectivity index (χ3v) is 6.09. The van der Waals surface area contributed by atoms with Gasteiger partial charge in [-0.2, -0.15) is 5.10 Å². The van der Waals surface area contributed by atoms with Crippen LogP contribution in [0, 0.1) is 0 Å². The molecule has 34 heavy (non-hydrogen) atoms. The Balaban J connectivity index is 0.00000324. The van der Waals surface area contributed by atoms with Crippen LogP contribution in [-0.2, 0) is 11.8 Å². The Kier molecular flexibility index (Phi) is 8.98. The minimum Gasteiger partial charge on any atom is -0.461 e. The number of benzene rings is 1. The molecule has 9 heteroatoms. The standard InChI is InChI=1S/C25H35N7O.HI/c1-25(2,3)18-7-9-20(10-8-18)32-15-12-19(13-16-32)28-24(26-4)27-14-11-22-29-23(31-30-22)21-6-5-17-33-21;/h5-10,17,19H,11-16H2,1-4H3,(H2,26,27,28)(H,29,30,31);1H. The second kappa shape index (κ2) is 11.7. The Morgan fingerprint density at radius 3 is 2.53 bits per heavy atom. The van der Waals surface area contributed by atoms with Crippen LogP contribution in [-0.4, -0.2) is 53.9 Å². The van der Waals surface area contributed by atoms with Crippen LogP contribution < -0.4 is 15.5 Å². The summed E-state index contributed by atoms with van der Waals surface area (Å²) in [6, 6.07) is 13.1. The van der Waals surface area contributed by atoms with E-state index in [1.165, 1.54) is 11.3 Å². The molecule has 4 rings (SSSR count). The maximum atomic E-state index is 5.34. The molecule has 0 atom stereocenters. The number of nitrogens with one attached hydrogen (secondary N) is 3. The van der Waals surface area contributed by atoms with Gasteiger partial charge in [0.25, 0.3) is 0 Å². The number of anilines is 1. The molecule has 0 radical (unpaired) electrons. The minimum absolute atomic E-state index is 0. The number of furan rings is 1. The summed E-state index contributed by atoms with van der Waals surface area (Å²) in [7, 11) is 1.81. The van der Waals surface area contributed by atoms with Crippen molar-refractivity contribution in [3.05, 3.63) is 54.0 Å². The summed E-state index contributed by atoms with van der Waals surface area (Å²) < 4.78 is 5.34. The third-order valence-electron chi connectivity index (χ3n) is 6.09. The lowest BCUT2D eigenvalue weighted by Gasteiger charge is -2.35. The normalized spacial score (nSPS) is 15.2. The van der Waals surface area contributed by atoms with E-state index < -0.39 is 0 Å². The molecule has 3 aromatic rings. The van der Waals surface area contributed by atoms with Crippen LogP contribution in [0.3, 0.4) is 0 Å². The van der Waals surface area contributed by atoms with Crippen molar-refractivity contribution in [3.63, 3.8) is 0 Å². The molecule has 1 saturated heterocycles. The lowest BCUT2D eigenvalue weighted by Crippen LogP contribution is -2.49. The topological polar surface area (TPSA) is 94.4 Å². The van der Waals surface area contributed by atoms with Crippen molar-refractivity contribution in [2.45, 2.75) is 51.5 Å². The number of aromatic amines is 1. The molecular formula is C25H36IN7O. The average molecular weight is 578 g/mol. The van der Waals surface area contributed by atoms with Gasteiger partial charge >= 0.3 is 0 Å². The Hall–Kier alpha value is -2.56. The highest BCUT2D eigenvalue weighted by Gasteiger charge is 2.21. The molecule has 0 amide bonds. The van der Waals surface area contributed by atoms with Crippen LogP contribution in [0.4, 0.5) is 5.69 Å². The maximum absolute atomic E-state index is 5.34. The molecule has 8 nitrogen and oxygen atoms in total. The van der Waals surface area contributed by atoms with Gasteiger partial charge in [0, 0.05) is 44.8 Å². The van der Waals surface area contributed by atoms with Crippen molar-refractivity contribution < 1.29 is 4.42 Å². The van der Waals surface area contributed by atoms with Gasteiger partial charge in [0.05, 0.1) is 6.26 Å². The van der Waals surface area contributed by atoms with Crippen molar-refractivity contribution in [2.75, 3.05) is 31.6 Å². The van der Waals surface area contributed by atoms with Crippen LogP contribution in [0.5, 0.6) is 0 Å². The molecule has 1 aromatic carbocycles. The summed E-state index contributed by atoms with van der Waals surface area (Å²) in [6.07, 6.45) is 4.50. The molecule has 0 unspecified atom stereocenters. The maximum Gasteiger partial charge on any atom is 0.216 e. The van der Waals surface area contributed by atoms with E-state index in [0.29, 0.717) is 24.2 Å². The summed E-state index contributed by atoms with van der Waals surface area (Å²) in [5.74, 6) is 2.89. The fourth-order valence-corrected chi connectivity index (χ4v) is 4.06. The molecule has 3 N–H and O–H groups in total. The average Bonchev–Trinajstić information content (AvgIpc) is 3.51. The number of hydrogen-bond donors (Lipinski definition) is 3. The predicted octanol–water partition coefficient (Wildman–Crippen LogP) is 4.36. The van der Waals surface area contributed by atoms with Gasteiger partial charge in [-0.1, -0.05) is 32.9 Å². The zero-order chi connectivity index (χ0) is 23.3. The molecule has 2 aromatic heterocycles. The number of halogens is 1. The molecule has 0 aliphatic carbocycles. The lowest BCUT2D eigenvalue weighted by molar-refractivity contribution is 0.461. The second-order valence-corrected chi connectivity index (χ2v) is 9.53. The number of piperidine rings is 1. The SMILES string of the molecule is CN=C(NCCc1nc(-c2ccco2)n[nH]1)NC1CCN(c2ccc(C(C)(C)C)cc2)CC1.I. The second-order valence-electron chi connectivity index (χ2n) is 9.53. The zero-order valence-electron chi connectivity index (χ0n) is 20.5. The van der Waals surface area contributed by atoms with Gasteiger partial charge in [0.15, 0.2) is 11.7 Å². The lowest BCUT2D eigenvalue weighted by atomic mass is 9.87. The number of guanidine groups is 1. The van der Waals surface area contributed by atoms with Gasteiger partial charge in [-0.05, 0) is 48.1 Å². The Morgan fingerprint density at radius 1 is 1.18 bits per heavy atom. The Bertz CT molecular complexity index is 1030. The van der Waals surface area contributed by atoms with Gasteiger partial charge in [-0.25, -0.2) is 4.98 Å². The van der Waals surface area contributed by atoms with E-state index in [4.69, 9.17) is 4.42 Å². The number of hydrogen-bond acceptors (Lipinski definition) is 5. The van der Waals surface area contributed by atoms with E-state index in [0.717, 1.165) is 44.1 Å². The highest BCUT2D eigenvalue weighted by Crippen LogP contribution is 2.26. The number of H-pyrrole nitrogens is 1. The first kappa shape index (κ1) is 26.1. The van der Waals surface area contributed by atoms with E-state index in [2.05, 4.69) is 80.7 Å². The first-order chi connectivity index (χ1) is 15.9. The van der Waals surface area contributed by atoms with Crippen LogP contribution in [0.2, 0.25) is 0 Å². The van der Waals surface area contributed by atoms with Gasteiger partial charge in [0.1, 0.15) is 5.82 Å². The first-order valence-corrected chi connectivity index (χ1v) is 11.7. The Labute approximate surface area is 219 Å². The van der Waals surface area contributed by atoms with Crippen LogP contribution in [0.15, 0.2) is 52.1 Å². The predicted molar refractivity (Wildman–Crippen MR) is 148 cm³/mol. The van der Waals surface area contributed by atoms with Crippen molar-refractivity contribution in [1.29, 1.82) is 0 Å². The van der Waals surface area contributed by atoms with Gasteiger partial charge in [-0.15, -0.1) is 24.0 Å². The van der Waals surface area contributed by atoms with Crippen LogP contribution in [0.25, 0.3) is 11.6 Å². The van der Waals surface area contributed by atoms with E-state index in [1.807, 2.05) is 19.2 Å². The largest absolute Gasteiger partial charge is 0.461 e. The van der Waals surface area contributed by atoms with Crippen molar-refractivity contribution in [2.24, 2.45) is 4.99 Å². The Morgan fingerprint density at radius 2 is 1.91 bits per heavy atom. The molecule has 0 spiro atoms. The molecule has 1 fully saturated rings. The van der Waals surface area contributed by atoms with Crippen LogP contribution >= 0.6 is 24.0 Å². The summed E-state index contributed by atoms with van der Waals surface area (Å²) in [5, 5.41) is 14.1. The first-order valence-electron chi connectivity index (χ1n) is 11.7. The van der Waals surface area contributed by atoms with Gasteiger partial charge < -0.3 is 20.0 Å². The molecule has 0 saturated carbocycles. The fourth-order valence-electron chi connectivity index (χ4n) is 4.06. The quantitative estimate of drug-likeness (QED) is 0.229. The van der Waals surface area contributed by atoms with Crippen molar-refractivity contribution >= 4 is 35.6 Å². The van der Waals surface area contributed by atoms with E-state index in [1.54, 1.807) is 6.26 Å². The van der Waals surface area contributed by atoms with Gasteiger partial charge in [0.2, 0.25) is 5.82 Å². The summed E-state index contributed by atoms with van der Waals surface area (Å²) >= 11 is 0. The number of aliphatic imine (C=N–C) groups is 1. The molecule has 1 aliphatic rings. The summed E-state index contributed by atoms with van der Waals surface area (Å²) in [5.41, 5.74) is 2.87. The van der Waals surface area contributed by atoms with Crippen molar-refractivity contribution in [3.8, 4) is 11.6 Å². The highest BCUT2D eigenvalue weighted by molar-refractivity contribution is 14.0. The highest BCUT2D eigenvalue weighted by atomic mass is 127. The minimum atomic E-state index is 0. The third kappa shape index (κ3) is 6.74. The van der Waals surface area contributed by atoms with E-state index in [9.17, 15) is 0 Å². The van der Waals surface area contributed by atoms with Crippen molar-refractivity contribution in [1.82, 2.24) is 25.8 Å². The molecule has 1 aliphatic heterocycles. The summed E-state index contributed by atoms with van der Waals surface area (Å²) in [6.45, 7) is 9.55. The monoisotopic (exact) mass is 577 g/mol. The van der Waals surface area contributed by atoms with Gasteiger partial charge in [-0.3, -0.25) is 10.1 Å². The fraction of sp³-hybridized carbons (Fsp3) is 0.480. The molecule has 3 heterocycles. The molecular weight excluding hydrogens is 541 g/mol. The summed E-state index contributed by atoms with van der Waals surface area (Å²) in [4.78, 5) is 11.3. The number of aromatic nitrogens is 3. The molecule has 184 valence electrons. The number of rotatable bonds is 6. The number of nitrogens with zero attached hydrogens (tertiary/aromatic N) is 4.